The second-order valence-electron chi connectivity index (χ2n) is 5.66. The lowest BCUT2D eigenvalue weighted by atomic mass is 9.97. The van der Waals surface area contributed by atoms with Crippen LogP contribution in [-0.4, -0.2) is 53.3 Å². The topological polar surface area (TPSA) is 65.3 Å². The van der Waals surface area contributed by atoms with Gasteiger partial charge in [0, 0.05) is 32.0 Å². The maximum absolute atomic E-state index is 10.0. The van der Waals surface area contributed by atoms with Crippen molar-refractivity contribution in [1.82, 2.24) is 4.90 Å². The first-order valence-electron chi connectivity index (χ1n) is 7.42. The summed E-state index contributed by atoms with van der Waals surface area (Å²) in [6, 6.07) is 9.94. The zero-order chi connectivity index (χ0) is 15.1. The Morgan fingerprint density at radius 1 is 1.38 bits per heavy atom. The molecule has 21 heavy (non-hydrogen) atoms. The number of aliphatic hydroxyl groups is 1. The molecule has 1 aliphatic heterocycles. The number of ether oxygens (including phenoxy) is 1. The molecule has 0 aliphatic carbocycles. The van der Waals surface area contributed by atoms with Gasteiger partial charge in [-0.2, -0.15) is 0 Å². The van der Waals surface area contributed by atoms with Crippen LogP contribution in [0.1, 0.15) is 18.9 Å². The van der Waals surface area contributed by atoms with Crippen molar-refractivity contribution in [3.05, 3.63) is 35.9 Å². The van der Waals surface area contributed by atoms with Crippen LogP contribution >= 0.6 is 0 Å². The lowest BCUT2D eigenvalue weighted by Gasteiger charge is -2.32. The summed E-state index contributed by atoms with van der Waals surface area (Å²) in [6.07, 6.45) is 0.267. The summed E-state index contributed by atoms with van der Waals surface area (Å²) in [6.45, 7) is 5.13. The van der Waals surface area contributed by atoms with Crippen molar-refractivity contribution in [2.24, 2.45) is 11.1 Å². The fourth-order valence-electron chi connectivity index (χ4n) is 2.66. The van der Waals surface area contributed by atoms with Gasteiger partial charge in [-0.05, 0) is 5.56 Å². The smallest absolute Gasteiger partial charge is 0.0900 e. The molecule has 2 unspecified atom stereocenters. The molecule has 1 aliphatic rings. The first kappa shape index (κ1) is 15.9. The van der Waals surface area contributed by atoms with Crippen LogP contribution in [0.3, 0.4) is 0 Å². The highest BCUT2D eigenvalue weighted by Crippen LogP contribution is 2.14. The van der Waals surface area contributed by atoms with Gasteiger partial charge in [0.2, 0.25) is 0 Å². The highest BCUT2D eigenvalue weighted by atomic mass is 16.5. The minimum atomic E-state index is -0.492. The van der Waals surface area contributed by atoms with Crippen molar-refractivity contribution in [2.75, 3.05) is 26.2 Å². The molecule has 0 radical (unpaired) electrons. The van der Waals surface area contributed by atoms with Gasteiger partial charge in [-0.3, -0.25) is 4.90 Å². The van der Waals surface area contributed by atoms with E-state index in [1.807, 2.05) is 37.3 Å². The van der Waals surface area contributed by atoms with Gasteiger partial charge >= 0.3 is 0 Å². The summed E-state index contributed by atoms with van der Waals surface area (Å²) >= 11 is 0. The number of hydrogen-bond acceptors (Lipinski definition) is 5. The van der Waals surface area contributed by atoms with Gasteiger partial charge in [0.15, 0.2) is 0 Å². The first-order valence-corrected chi connectivity index (χ1v) is 7.42. The minimum absolute atomic E-state index is 0.237. The van der Waals surface area contributed by atoms with Crippen LogP contribution in [0, 0.1) is 5.92 Å². The second kappa shape index (κ2) is 8.12. The highest BCUT2D eigenvalue weighted by Gasteiger charge is 2.23. The summed E-state index contributed by atoms with van der Waals surface area (Å²) < 4.78 is 5.55. The summed E-state index contributed by atoms with van der Waals surface area (Å²) in [7, 11) is 0. The molecule has 1 saturated heterocycles. The molecule has 2 atom stereocenters. The lowest BCUT2D eigenvalue weighted by molar-refractivity contribution is 0.00801. The number of rotatable bonds is 6. The molecule has 1 heterocycles. The van der Waals surface area contributed by atoms with Gasteiger partial charge in [0.1, 0.15) is 0 Å². The van der Waals surface area contributed by atoms with Crippen LogP contribution in [0.15, 0.2) is 35.5 Å². The molecule has 116 valence electrons. The van der Waals surface area contributed by atoms with Gasteiger partial charge in [-0.25, -0.2) is 0 Å². The summed E-state index contributed by atoms with van der Waals surface area (Å²) in [5.74, 6) is 0.237. The van der Waals surface area contributed by atoms with Crippen LogP contribution in [0.25, 0.3) is 0 Å². The van der Waals surface area contributed by atoms with E-state index in [1.54, 1.807) is 0 Å². The highest BCUT2D eigenvalue weighted by molar-refractivity contribution is 5.86. The molecule has 1 aromatic rings. The Balaban J connectivity index is 1.67. The van der Waals surface area contributed by atoms with Crippen LogP contribution in [0.5, 0.6) is 0 Å². The van der Waals surface area contributed by atoms with Gasteiger partial charge in [0.25, 0.3) is 0 Å². The molecule has 0 aromatic heterocycles. The SMILES string of the molecule is CC1CN(CC(O)COCc2ccccc2)CC/C1=N\O. The lowest BCUT2D eigenvalue weighted by Crippen LogP contribution is -2.44. The first-order chi connectivity index (χ1) is 10.2. The van der Waals surface area contributed by atoms with E-state index in [-0.39, 0.29) is 5.92 Å². The third-order valence-electron chi connectivity index (χ3n) is 3.80. The molecule has 0 saturated carbocycles. The minimum Gasteiger partial charge on any atom is -0.411 e. The van der Waals surface area contributed by atoms with E-state index >= 15 is 0 Å². The maximum Gasteiger partial charge on any atom is 0.0900 e. The number of piperidine rings is 1. The van der Waals surface area contributed by atoms with Crippen LogP contribution in [0.2, 0.25) is 0 Å². The van der Waals surface area contributed by atoms with Crippen LogP contribution in [-0.2, 0) is 11.3 Å². The molecule has 0 bridgehead atoms. The van der Waals surface area contributed by atoms with Crippen LogP contribution < -0.4 is 0 Å². The summed E-state index contributed by atoms with van der Waals surface area (Å²) in [4.78, 5) is 2.19. The predicted octanol–water partition coefficient (Wildman–Crippen LogP) is 1.74. The van der Waals surface area contributed by atoms with Crippen molar-refractivity contribution in [3.63, 3.8) is 0 Å². The fraction of sp³-hybridized carbons (Fsp3) is 0.562. The van der Waals surface area contributed by atoms with Gasteiger partial charge < -0.3 is 15.1 Å². The monoisotopic (exact) mass is 292 g/mol. The van der Waals surface area contributed by atoms with E-state index < -0.39 is 6.10 Å². The third-order valence-corrected chi connectivity index (χ3v) is 3.80. The van der Waals surface area contributed by atoms with Crippen molar-refractivity contribution < 1.29 is 15.1 Å². The van der Waals surface area contributed by atoms with E-state index in [1.165, 1.54) is 0 Å². The van der Waals surface area contributed by atoms with E-state index in [0.29, 0.717) is 19.8 Å². The largest absolute Gasteiger partial charge is 0.411 e. The predicted molar refractivity (Wildman–Crippen MR) is 81.5 cm³/mol. The van der Waals surface area contributed by atoms with Crippen molar-refractivity contribution >= 4 is 5.71 Å². The van der Waals surface area contributed by atoms with Crippen molar-refractivity contribution in [1.29, 1.82) is 0 Å². The molecule has 5 heteroatoms. The molecular formula is C16H24N2O3. The average Bonchev–Trinajstić information content (AvgIpc) is 2.48. The van der Waals surface area contributed by atoms with Crippen molar-refractivity contribution in [2.45, 2.75) is 26.1 Å². The third kappa shape index (κ3) is 5.12. The fourth-order valence-corrected chi connectivity index (χ4v) is 2.66. The average molecular weight is 292 g/mol. The number of β-amino-alcohol motifs (C(OH)–C–C–N with tert-alkyl or cyclic N) is 1. The number of nitrogens with zero attached hydrogens (tertiary/aromatic N) is 2. The molecule has 2 rings (SSSR count). The van der Waals surface area contributed by atoms with Gasteiger partial charge in [-0.15, -0.1) is 0 Å². The summed E-state index contributed by atoms with van der Waals surface area (Å²) in [5, 5.41) is 22.2. The molecule has 0 amide bonds. The number of aliphatic hydroxyl groups excluding tert-OH is 1. The Kier molecular flexibility index (Phi) is 6.17. The maximum atomic E-state index is 10.0. The standard InChI is InChI=1S/C16H24N2O3/c1-13-9-18(8-7-16(13)17-20)10-15(19)12-21-11-14-5-3-2-4-6-14/h2-6,13,15,19-20H,7-12H2,1H3/b17-16+. The van der Waals surface area contributed by atoms with E-state index in [0.717, 1.165) is 30.8 Å². The molecule has 0 spiro atoms. The van der Waals surface area contributed by atoms with E-state index in [9.17, 15) is 5.11 Å². The van der Waals surface area contributed by atoms with Crippen molar-refractivity contribution in [3.8, 4) is 0 Å². The number of oxime groups is 1. The second-order valence-corrected chi connectivity index (χ2v) is 5.66. The normalized spacial score (nSPS) is 23.3. The Morgan fingerprint density at radius 3 is 2.81 bits per heavy atom. The summed E-state index contributed by atoms with van der Waals surface area (Å²) in [5.41, 5.74) is 1.96. The van der Waals surface area contributed by atoms with Crippen LogP contribution in [0.4, 0.5) is 0 Å². The zero-order valence-electron chi connectivity index (χ0n) is 12.5. The Hall–Kier alpha value is -1.43. The molecule has 5 nitrogen and oxygen atoms in total. The number of benzene rings is 1. The number of likely N-dealkylation sites (tertiary alicyclic amines) is 1. The van der Waals surface area contributed by atoms with E-state index in [2.05, 4.69) is 10.1 Å². The Bertz CT molecular complexity index is 450. The van der Waals surface area contributed by atoms with E-state index in [4.69, 9.17) is 9.94 Å². The quantitative estimate of drug-likeness (QED) is 0.619. The Labute approximate surface area is 125 Å². The van der Waals surface area contributed by atoms with Gasteiger partial charge in [-0.1, -0.05) is 42.4 Å². The zero-order valence-corrected chi connectivity index (χ0v) is 12.5. The van der Waals surface area contributed by atoms with Gasteiger partial charge in [0.05, 0.1) is 25.0 Å². The Morgan fingerprint density at radius 2 is 2.14 bits per heavy atom. The number of hydrogen-bond donors (Lipinski definition) is 2. The molecule has 1 fully saturated rings. The molecule has 1 aromatic carbocycles. The molecular weight excluding hydrogens is 268 g/mol. The molecule has 2 N–H and O–H groups in total.